The first-order valence-electron chi connectivity index (χ1n) is 18.2. The van der Waals surface area contributed by atoms with Crippen LogP contribution in [0.5, 0.6) is 0 Å². The van der Waals surface area contributed by atoms with Crippen LogP contribution in [0.25, 0.3) is 11.2 Å². The van der Waals surface area contributed by atoms with Gasteiger partial charge in [-0.15, -0.1) is 10.2 Å². The first-order valence-corrected chi connectivity index (χ1v) is 18.2. The van der Waals surface area contributed by atoms with E-state index in [1.165, 1.54) is 11.1 Å². The predicted octanol–water partition coefficient (Wildman–Crippen LogP) is 2.40. The van der Waals surface area contributed by atoms with Crippen LogP contribution < -0.4 is 20.9 Å². The van der Waals surface area contributed by atoms with Crippen LogP contribution in [0.3, 0.4) is 0 Å². The summed E-state index contributed by atoms with van der Waals surface area (Å²) in [5.41, 5.74) is 4.06. The molecule has 5 N–H and O–H groups in total. The molecule has 4 aromatic heterocycles. The summed E-state index contributed by atoms with van der Waals surface area (Å²) in [5, 5.41) is 44.7. The van der Waals surface area contributed by atoms with Gasteiger partial charge < -0.3 is 35.6 Å². The highest BCUT2D eigenvalue weighted by atomic mass is 16.3. The van der Waals surface area contributed by atoms with Crippen molar-refractivity contribution >= 4 is 29.0 Å². The average molecular weight is 731 g/mol. The van der Waals surface area contributed by atoms with Crippen LogP contribution in [-0.2, 0) is 13.0 Å². The zero-order chi connectivity index (χ0) is 37.0. The first-order chi connectivity index (χ1) is 26.4. The van der Waals surface area contributed by atoms with E-state index in [1.54, 1.807) is 18.6 Å². The average Bonchev–Trinajstić information content (AvgIpc) is 4.03. The van der Waals surface area contributed by atoms with Crippen molar-refractivity contribution in [3.63, 3.8) is 0 Å². The number of benzene rings is 2. The van der Waals surface area contributed by atoms with Crippen molar-refractivity contribution in [2.24, 2.45) is 0 Å². The van der Waals surface area contributed by atoms with Crippen molar-refractivity contribution in [2.45, 2.75) is 69.0 Å². The molecule has 1 aliphatic carbocycles. The zero-order valence-electron chi connectivity index (χ0n) is 29.7. The van der Waals surface area contributed by atoms with Crippen LogP contribution in [0.4, 0.5) is 16.6 Å². The fraction of sp³-hybridized carbons (Fsp3) is 0.378. The highest BCUT2D eigenvalue weighted by Crippen LogP contribution is 2.40. The minimum absolute atomic E-state index is 0.0138. The van der Waals surface area contributed by atoms with Gasteiger partial charge in [-0.25, -0.2) is 19.7 Å². The Balaban J connectivity index is 1.08. The smallest absolute Gasteiger partial charge is 0.315 e. The van der Waals surface area contributed by atoms with E-state index in [0.29, 0.717) is 73.3 Å². The molecule has 2 fully saturated rings. The number of nitrogens with one attached hydrogen (secondary N) is 3. The van der Waals surface area contributed by atoms with E-state index < -0.39 is 24.3 Å². The number of carbonyl (C=O) groups is 1. The van der Waals surface area contributed by atoms with E-state index in [4.69, 9.17) is 15.0 Å². The van der Waals surface area contributed by atoms with Gasteiger partial charge in [-0.2, -0.15) is 14.8 Å². The molecule has 54 heavy (non-hydrogen) atoms. The van der Waals surface area contributed by atoms with Gasteiger partial charge in [-0.1, -0.05) is 67.6 Å². The molecule has 1 aliphatic heterocycles. The van der Waals surface area contributed by atoms with Gasteiger partial charge in [0.1, 0.15) is 24.6 Å². The summed E-state index contributed by atoms with van der Waals surface area (Å²) in [6.45, 7) is 3.83. The molecule has 278 valence electrons. The molecule has 17 nitrogen and oxygen atoms in total. The third kappa shape index (κ3) is 7.27. The van der Waals surface area contributed by atoms with Crippen molar-refractivity contribution in [1.82, 2.24) is 60.3 Å². The number of imidazole rings is 1. The van der Waals surface area contributed by atoms with Gasteiger partial charge in [0.15, 0.2) is 22.8 Å². The monoisotopic (exact) mass is 730 g/mol. The SMILES string of the molecule is CCc1nnn([C@H]2C[C@@H](n3cnc4c(NCC(c5ccccc5)c5ccccc5)nc(N5CCC(NC(=O)NCc6ccncn6)C5)nc43)[C@H](O)[C@@H]2O)n1. The predicted molar refractivity (Wildman–Crippen MR) is 198 cm³/mol. The molecule has 2 aliphatic rings. The summed E-state index contributed by atoms with van der Waals surface area (Å²) in [6.07, 6.45) is 4.08. The van der Waals surface area contributed by atoms with E-state index >= 15 is 0 Å². The van der Waals surface area contributed by atoms with Crippen LogP contribution in [-0.4, -0.2) is 104 Å². The Kier molecular flexibility index (Phi) is 10.0. The lowest BCUT2D eigenvalue weighted by Gasteiger charge is -2.22. The number of carbonyl (C=O) groups excluding carboxylic acids is 1. The van der Waals surface area contributed by atoms with Gasteiger partial charge in [-0.3, -0.25) is 0 Å². The summed E-state index contributed by atoms with van der Waals surface area (Å²) in [6, 6.07) is 20.8. The molecule has 17 heteroatoms. The molecule has 0 bridgehead atoms. The van der Waals surface area contributed by atoms with E-state index in [-0.39, 0.29) is 24.5 Å². The Bertz CT molecular complexity index is 2130. The standard InChI is InChI=1S/C37H42N14O3/c1-2-30-46-48-51(47-30)29-17-28(32(52)33(29)53)50-22-42-31-34(39-19-27(23-9-5-3-6-10-23)24-11-7-4-8-12-24)44-36(45-35(31)50)49-16-14-26(20-49)43-37(54)40-18-25-13-15-38-21-41-25/h3-13,15,21-22,26-29,32-33,52-53H,2,14,16-20H2,1H3,(H,39,44,45)(H2,40,43,54)/t26?,28-,29+,32+,33-/m1/s1. The maximum absolute atomic E-state index is 12.8. The van der Waals surface area contributed by atoms with Crippen molar-refractivity contribution in [3.8, 4) is 0 Å². The zero-order valence-corrected chi connectivity index (χ0v) is 29.7. The van der Waals surface area contributed by atoms with Crippen molar-refractivity contribution in [2.75, 3.05) is 29.9 Å². The van der Waals surface area contributed by atoms with E-state index in [0.717, 1.165) is 11.1 Å². The fourth-order valence-electron chi connectivity index (χ4n) is 7.33. The number of nitrogens with zero attached hydrogens (tertiary/aromatic N) is 11. The normalized spacial score (nSPS) is 21.2. The summed E-state index contributed by atoms with van der Waals surface area (Å²) < 4.78 is 1.81. The van der Waals surface area contributed by atoms with Gasteiger partial charge in [0.25, 0.3) is 0 Å². The maximum atomic E-state index is 12.8. The van der Waals surface area contributed by atoms with Gasteiger partial charge in [0, 0.05) is 44.2 Å². The number of aromatic nitrogens is 10. The number of hydrogen-bond acceptors (Lipinski definition) is 13. The Morgan fingerprint density at radius 2 is 1.72 bits per heavy atom. The minimum atomic E-state index is -1.14. The molecule has 8 rings (SSSR count). The summed E-state index contributed by atoms with van der Waals surface area (Å²) in [7, 11) is 0. The second-order valence-corrected chi connectivity index (χ2v) is 13.6. The van der Waals surface area contributed by atoms with Gasteiger partial charge >= 0.3 is 6.03 Å². The van der Waals surface area contributed by atoms with Crippen LogP contribution in [0.2, 0.25) is 0 Å². The third-order valence-corrected chi connectivity index (χ3v) is 10.2. The quantitative estimate of drug-likeness (QED) is 0.123. The van der Waals surface area contributed by atoms with Crippen molar-refractivity contribution in [1.29, 1.82) is 0 Å². The van der Waals surface area contributed by atoms with Gasteiger partial charge in [0.05, 0.1) is 24.6 Å². The number of hydrogen-bond donors (Lipinski definition) is 5. The molecule has 0 spiro atoms. The third-order valence-electron chi connectivity index (χ3n) is 10.2. The maximum Gasteiger partial charge on any atom is 0.315 e. The Morgan fingerprint density at radius 1 is 0.963 bits per heavy atom. The second kappa shape index (κ2) is 15.5. The summed E-state index contributed by atoms with van der Waals surface area (Å²) in [4.78, 5) is 39.1. The fourth-order valence-corrected chi connectivity index (χ4v) is 7.33. The van der Waals surface area contributed by atoms with Crippen LogP contribution >= 0.6 is 0 Å². The topological polar surface area (TPSA) is 210 Å². The van der Waals surface area contributed by atoms with Gasteiger partial charge in [0.2, 0.25) is 5.95 Å². The molecule has 2 aromatic carbocycles. The molecule has 2 amide bonds. The largest absolute Gasteiger partial charge is 0.388 e. The van der Waals surface area contributed by atoms with Crippen LogP contribution in [0.1, 0.15) is 60.4 Å². The number of fused-ring (bicyclic) bond motifs is 1. The molecule has 6 aromatic rings. The molecule has 1 unspecified atom stereocenters. The Morgan fingerprint density at radius 3 is 2.43 bits per heavy atom. The van der Waals surface area contributed by atoms with Crippen LogP contribution in [0.15, 0.2) is 85.6 Å². The molecule has 0 radical (unpaired) electrons. The number of aliphatic hydroxyl groups excluding tert-OH is 2. The molecular weight excluding hydrogens is 689 g/mol. The first kappa shape index (κ1) is 35.0. The number of aliphatic hydroxyl groups is 2. The molecule has 5 heterocycles. The Labute approximate surface area is 310 Å². The number of urea groups is 1. The van der Waals surface area contributed by atoms with Crippen molar-refractivity contribution < 1.29 is 15.0 Å². The lowest BCUT2D eigenvalue weighted by Crippen LogP contribution is -2.43. The number of aryl methyl sites for hydroxylation is 1. The highest BCUT2D eigenvalue weighted by molar-refractivity contribution is 5.84. The molecular formula is C37H42N14O3. The minimum Gasteiger partial charge on any atom is -0.388 e. The lowest BCUT2D eigenvalue weighted by atomic mass is 9.91. The summed E-state index contributed by atoms with van der Waals surface area (Å²) in [5.74, 6) is 1.58. The number of tetrazole rings is 1. The molecule has 5 atom stereocenters. The van der Waals surface area contributed by atoms with E-state index in [1.807, 2.05) is 52.8 Å². The second-order valence-electron chi connectivity index (χ2n) is 13.6. The highest BCUT2D eigenvalue weighted by Gasteiger charge is 2.45. The van der Waals surface area contributed by atoms with E-state index in [2.05, 4.69) is 65.6 Å². The molecule has 1 saturated carbocycles. The van der Waals surface area contributed by atoms with Crippen LogP contribution in [0, 0.1) is 0 Å². The number of rotatable bonds is 12. The number of anilines is 2. The lowest BCUT2D eigenvalue weighted by molar-refractivity contribution is 0.00473. The Hall–Kier alpha value is -6.07. The van der Waals surface area contributed by atoms with Crippen molar-refractivity contribution in [3.05, 3.63) is 108 Å². The number of amides is 2. The molecule has 1 saturated heterocycles. The van der Waals surface area contributed by atoms with Gasteiger partial charge in [-0.05, 0) is 35.2 Å². The summed E-state index contributed by atoms with van der Waals surface area (Å²) >= 11 is 0. The van der Waals surface area contributed by atoms with E-state index in [9.17, 15) is 15.0 Å².